The molecule has 1 aromatic carbocycles. The highest BCUT2D eigenvalue weighted by atomic mass is 16.6. The van der Waals surface area contributed by atoms with Crippen LogP contribution in [0.25, 0.3) is 0 Å². The Hall–Kier alpha value is -3.09. The number of benzene rings is 1. The molecule has 3 rings (SSSR count). The van der Waals surface area contributed by atoms with Crippen LogP contribution in [0.5, 0.6) is 11.5 Å². The summed E-state index contributed by atoms with van der Waals surface area (Å²) < 4.78 is 11.4. The average molecular weight is 327 g/mol. The zero-order valence-corrected chi connectivity index (χ0v) is 13.1. The molecule has 2 aromatic rings. The molecular formula is C17H17N3O4. The Balaban J connectivity index is 2.13. The van der Waals surface area contributed by atoms with E-state index < -0.39 is 11.8 Å². The van der Waals surface area contributed by atoms with Gasteiger partial charge in [-0.05, 0) is 23.8 Å². The smallest absolute Gasteiger partial charge is 0.229 e. The zero-order valence-electron chi connectivity index (χ0n) is 13.1. The molecular weight excluding hydrogens is 310 g/mol. The first-order valence-electron chi connectivity index (χ1n) is 7.47. The third kappa shape index (κ3) is 3.01. The topological polar surface area (TPSA) is 104 Å². The minimum Gasteiger partial charge on any atom is -0.486 e. The number of primary amides is 1. The molecule has 2 heterocycles. The fourth-order valence-corrected chi connectivity index (χ4v) is 2.73. The molecule has 0 bridgehead atoms. The van der Waals surface area contributed by atoms with Gasteiger partial charge in [0.2, 0.25) is 11.8 Å². The number of rotatable bonds is 4. The molecule has 0 saturated carbocycles. The van der Waals surface area contributed by atoms with Gasteiger partial charge in [-0.2, -0.15) is 0 Å². The summed E-state index contributed by atoms with van der Waals surface area (Å²) in [5.74, 6) is -0.596. The van der Waals surface area contributed by atoms with Gasteiger partial charge < -0.3 is 20.5 Å². The highest BCUT2D eigenvalue weighted by Gasteiger charge is 2.29. The highest BCUT2D eigenvalue weighted by Crippen LogP contribution is 2.44. The molecule has 0 fully saturated rings. The maximum atomic E-state index is 12.1. The molecule has 7 nitrogen and oxygen atoms in total. The van der Waals surface area contributed by atoms with Crippen molar-refractivity contribution in [2.45, 2.75) is 12.8 Å². The summed E-state index contributed by atoms with van der Waals surface area (Å²) in [6.07, 6.45) is 3.20. The molecule has 124 valence electrons. The number of pyridine rings is 1. The number of ether oxygens (including phenoxy) is 2. The summed E-state index contributed by atoms with van der Waals surface area (Å²) in [6, 6.07) is 6.86. The fourth-order valence-electron chi connectivity index (χ4n) is 2.73. The van der Waals surface area contributed by atoms with E-state index in [4.69, 9.17) is 15.2 Å². The van der Waals surface area contributed by atoms with Gasteiger partial charge in [0.1, 0.15) is 13.2 Å². The number of aromatic nitrogens is 1. The molecule has 1 unspecified atom stereocenters. The standard InChI is InChI=1S/C17H17N3O4/c1-10(21)20-13-3-2-12(15-16(13)24-9-8-23-15)14(17(18)22)11-4-6-19-7-5-11/h2-7,14H,8-9H2,1H3,(H2,18,22)(H,20,21). The van der Waals surface area contributed by atoms with E-state index in [9.17, 15) is 9.59 Å². The number of anilines is 1. The number of carbonyl (C=O) groups is 2. The highest BCUT2D eigenvalue weighted by molar-refractivity contribution is 5.92. The van der Waals surface area contributed by atoms with Crippen molar-refractivity contribution in [3.63, 3.8) is 0 Å². The van der Waals surface area contributed by atoms with Crippen molar-refractivity contribution in [3.05, 3.63) is 47.8 Å². The van der Waals surface area contributed by atoms with Gasteiger partial charge in [0.05, 0.1) is 11.6 Å². The first kappa shape index (κ1) is 15.8. The summed E-state index contributed by atoms with van der Waals surface area (Å²) in [6.45, 7) is 2.12. The average Bonchev–Trinajstić information content (AvgIpc) is 2.57. The van der Waals surface area contributed by atoms with Crippen molar-refractivity contribution >= 4 is 17.5 Å². The monoisotopic (exact) mass is 327 g/mol. The van der Waals surface area contributed by atoms with Crippen molar-refractivity contribution in [3.8, 4) is 11.5 Å². The van der Waals surface area contributed by atoms with Crippen molar-refractivity contribution < 1.29 is 19.1 Å². The quantitative estimate of drug-likeness (QED) is 0.884. The van der Waals surface area contributed by atoms with Gasteiger partial charge in [-0.15, -0.1) is 0 Å². The molecule has 0 saturated heterocycles. The van der Waals surface area contributed by atoms with Crippen molar-refractivity contribution in [2.24, 2.45) is 5.73 Å². The molecule has 0 aliphatic carbocycles. The van der Waals surface area contributed by atoms with Crippen LogP contribution in [-0.4, -0.2) is 30.0 Å². The van der Waals surface area contributed by atoms with Crippen molar-refractivity contribution in [2.75, 3.05) is 18.5 Å². The van der Waals surface area contributed by atoms with E-state index in [0.29, 0.717) is 41.5 Å². The molecule has 1 atom stereocenters. The second-order valence-corrected chi connectivity index (χ2v) is 5.35. The van der Waals surface area contributed by atoms with Crippen LogP contribution in [0.1, 0.15) is 24.0 Å². The Bertz CT molecular complexity index is 777. The van der Waals surface area contributed by atoms with Crippen LogP contribution in [-0.2, 0) is 9.59 Å². The third-order valence-corrected chi connectivity index (χ3v) is 3.66. The Morgan fingerprint density at radius 2 is 1.79 bits per heavy atom. The number of nitrogens with one attached hydrogen (secondary N) is 1. The van der Waals surface area contributed by atoms with E-state index in [1.807, 2.05) is 0 Å². The maximum Gasteiger partial charge on any atom is 0.229 e. The second-order valence-electron chi connectivity index (χ2n) is 5.35. The van der Waals surface area contributed by atoms with Crippen LogP contribution >= 0.6 is 0 Å². The lowest BCUT2D eigenvalue weighted by Crippen LogP contribution is -2.25. The second kappa shape index (κ2) is 6.57. The SMILES string of the molecule is CC(=O)Nc1ccc(C(C(N)=O)c2ccncc2)c2c1OCCO2. The van der Waals surface area contributed by atoms with Crippen LogP contribution in [0.4, 0.5) is 5.69 Å². The lowest BCUT2D eigenvalue weighted by molar-refractivity contribution is -0.118. The molecule has 1 aromatic heterocycles. The number of nitrogens with two attached hydrogens (primary N) is 1. The minimum absolute atomic E-state index is 0.222. The fraction of sp³-hybridized carbons (Fsp3) is 0.235. The van der Waals surface area contributed by atoms with E-state index in [1.165, 1.54) is 6.92 Å². The summed E-state index contributed by atoms with van der Waals surface area (Å²) in [4.78, 5) is 27.4. The van der Waals surface area contributed by atoms with E-state index in [-0.39, 0.29) is 5.91 Å². The number of amides is 2. The van der Waals surface area contributed by atoms with Crippen LogP contribution in [0.15, 0.2) is 36.7 Å². The number of nitrogens with zero attached hydrogens (tertiary/aromatic N) is 1. The molecule has 3 N–H and O–H groups in total. The summed E-state index contributed by atoms with van der Waals surface area (Å²) >= 11 is 0. The number of hydrogen-bond donors (Lipinski definition) is 2. The first-order chi connectivity index (χ1) is 11.6. The van der Waals surface area contributed by atoms with E-state index >= 15 is 0 Å². The molecule has 0 spiro atoms. The zero-order chi connectivity index (χ0) is 17.1. The Morgan fingerprint density at radius 3 is 2.42 bits per heavy atom. The van der Waals surface area contributed by atoms with Gasteiger partial charge in [-0.25, -0.2) is 0 Å². The van der Waals surface area contributed by atoms with Gasteiger partial charge in [0, 0.05) is 24.9 Å². The lowest BCUT2D eigenvalue weighted by atomic mass is 9.90. The first-order valence-corrected chi connectivity index (χ1v) is 7.47. The summed E-state index contributed by atoms with van der Waals surface area (Å²) in [5.41, 5.74) is 7.43. The number of carbonyl (C=O) groups excluding carboxylic acids is 2. The molecule has 24 heavy (non-hydrogen) atoms. The van der Waals surface area contributed by atoms with E-state index in [1.54, 1.807) is 36.7 Å². The molecule has 1 aliphatic rings. The minimum atomic E-state index is -0.699. The molecule has 0 radical (unpaired) electrons. The molecule has 7 heteroatoms. The number of fused-ring (bicyclic) bond motifs is 1. The normalized spacial score (nSPS) is 13.9. The van der Waals surface area contributed by atoms with Gasteiger partial charge in [0.15, 0.2) is 11.5 Å². The van der Waals surface area contributed by atoms with Gasteiger partial charge >= 0.3 is 0 Å². The van der Waals surface area contributed by atoms with Crippen LogP contribution < -0.4 is 20.5 Å². The molecule has 2 amide bonds. The Labute approximate surface area is 138 Å². The van der Waals surface area contributed by atoms with Crippen LogP contribution in [0, 0.1) is 0 Å². The largest absolute Gasteiger partial charge is 0.486 e. The lowest BCUT2D eigenvalue weighted by Gasteiger charge is -2.26. The molecule has 1 aliphatic heterocycles. The van der Waals surface area contributed by atoms with Crippen molar-refractivity contribution in [1.29, 1.82) is 0 Å². The van der Waals surface area contributed by atoms with Crippen molar-refractivity contribution in [1.82, 2.24) is 4.98 Å². The summed E-state index contributed by atoms with van der Waals surface area (Å²) in [7, 11) is 0. The van der Waals surface area contributed by atoms with Gasteiger partial charge in [-0.1, -0.05) is 6.07 Å². The maximum absolute atomic E-state index is 12.1. The number of hydrogen-bond acceptors (Lipinski definition) is 5. The summed E-state index contributed by atoms with van der Waals surface area (Å²) in [5, 5.41) is 2.70. The van der Waals surface area contributed by atoms with E-state index in [2.05, 4.69) is 10.3 Å². The third-order valence-electron chi connectivity index (χ3n) is 3.66. The predicted molar refractivity (Wildman–Crippen MR) is 87.0 cm³/mol. The Morgan fingerprint density at radius 1 is 1.12 bits per heavy atom. The predicted octanol–water partition coefficient (Wildman–Crippen LogP) is 1.43. The van der Waals surface area contributed by atoms with E-state index in [0.717, 1.165) is 0 Å². The van der Waals surface area contributed by atoms with Gasteiger partial charge in [0.25, 0.3) is 0 Å². The van der Waals surface area contributed by atoms with Crippen LogP contribution in [0.3, 0.4) is 0 Å². The van der Waals surface area contributed by atoms with Crippen LogP contribution in [0.2, 0.25) is 0 Å². The van der Waals surface area contributed by atoms with Gasteiger partial charge in [-0.3, -0.25) is 14.6 Å². The Kier molecular flexibility index (Phi) is 4.33.